The third-order valence-electron chi connectivity index (χ3n) is 22.8. The molecule has 0 radical (unpaired) electrons. The molecule has 12 amide bonds. The average molecular weight is 1880 g/mol. The van der Waals surface area contributed by atoms with Crippen LogP contribution < -0.4 is 80.6 Å². The molecule has 4 aliphatic heterocycles. The molecule has 722 valence electrons. The van der Waals surface area contributed by atoms with Gasteiger partial charge in [-0.15, -0.1) is 11.8 Å². The topological polar surface area (TPSA) is 508 Å². The largest absolute Gasteiger partial charge is 0.481 e. The Morgan fingerprint density at radius 2 is 1.19 bits per heavy atom. The number of para-hydroxylation sites is 2. The Morgan fingerprint density at radius 1 is 0.588 bits per heavy atom. The van der Waals surface area contributed by atoms with E-state index in [0.717, 1.165) is 109 Å². The SMILES string of the molecule is CCCOCCOCCOCCNC(=O)COCC(N)=O.CC[N+](CC)(CC)CCC[N+]1=C(C=CC=CC=C2N(CCCCCC(=O)NCCCC[C@@H]3NC(=O)CSC[C@@H](C(=O)NC)NC(=O)[C@H](Cc4ccccc4)NC(=O)[C@@H]4CSSC[C@H](NC3=O)C(=O)N[C@@H](CCCN=C(N)N)C(=O)NCC(=O)N[C@@H](CC(=O)O)C(=O)N4)c3ccccc3C2(C)C)C(C)(C)c2ccccc21. The van der Waals surface area contributed by atoms with E-state index in [2.05, 4.69) is 207 Å². The Balaban J connectivity index is 0.00000111. The first kappa shape index (κ1) is 109. The minimum absolute atomic E-state index is 0.0221. The second-order valence-electron chi connectivity index (χ2n) is 33.1. The van der Waals surface area contributed by atoms with Gasteiger partial charge < -0.3 is 109 Å². The van der Waals surface area contributed by atoms with Gasteiger partial charge in [-0.1, -0.05) is 134 Å². The zero-order valence-corrected chi connectivity index (χ0v) is 79.8. The van der Waals surface area contributed by atoms with Crippen LogP contribution in [0.5, 0.6) is 0 Å². The van der Waals surface area contributed by atoms with Crippen molar-refractivity contribution >= 4 is 133 Å². The number of amides is 12. The lowest BCUT2D eigenvalue weighted by Crippen LogP contribution is -2.60. The molecule has 7 atom stereocenters. The van der Waals surface area contributed by atoms with E-state index in [1.165, 1.54) is 41.0 Å². The van der Waals surface area contributed by atoms with Crippen LogP contribution in [0.1, 0.15) is 149 Å². The van der Waals surface area contributed by atoms with Gasteiger partial charge in [0.1, 0.15) is 55.5 Å². The first-order valence-corrected chi connectivity index (χ1v) is 48.8. The van der Waals surface area contributed by atoms with Crippen molar-refractivity contribution in [2.24, 2.45) is 22.2 Å². The molecule has 131 heavy (non-hydrogen) atoms. The number of aliphatic imine (C=N–C) groups is 1. The van der Waals surface area contributed by atoms with E-state index in [4.69, 9.17) is 36.1 Å². The van der Waals surface area contributed by atoms with Gasteiger partial charge in [0.05, 0.1) is 89.8 Å². The molecular weight excluding hydrogens is 1740 g/mol. The molecule has 3 aromatic carbocycles. The number of nitrogens with zero attached hydrogens (tertiary/aromatic N) is 4. The van der Waals surface area contributed by atoms with Gasteiger partial charge in [-0.05, 0) is 109 Å². The summed E-state index contributed by atoms with van der Waals surface area (Å²) in [6.07, 6.45) is 15.3. The van der Waals surface area contributed by atoms with E-state index in [-0.39, 0.29) is 110 Å². The van der Waals surface area contributed by atoms with Crippen LogP contribution in [0.3, 0.4) is 0 Å². The van der Waals surface area contributed by atoms with Gasteiger partial charge in [-0.25, -0.2) is 0 Å². The number of allylic oxidation sites excluding steroid dienone is 6. The minimum atomic E-state index is -1.79. The minimum Gasteiger partial charge on any atom is -0.481 e. The first-order valence-electron chi connectivity index (χ1n) is 45.2. The average Bonchev–Trinajstić information content (AvgIpc) is 1.60. The number of guanidine groups is 1. The fourth-order valence-corrected chi connectivity index (χ4v) is 18.6. The molecule has 2 bridgehead atoms. The third kappa shape index (κ3) is 37.6. The fraction of sp³-hybridized carbons (Fsp3) is 0.576. The maximum absolute atomic E-state index is 14.7. The van der Waals surface area contributed by atoms with Gasteiger partial charge in [0.2, 0.25) is 76.6 Å². The highest BCUT2D eigenvalue weighted by Gasteiger charge is 2.45. The van der Waals surface area contributed by atoms with Gasteiger partial charge in [0.25, 0.3) is 0 Å². The molecule has 3 aromatic rings. The summed E-state index contributed by atoms with van der Waals surface area (Å²) in [4.78, 5) is 180. The second kappa shape index (κ2) is 58.5. The van der Waals surface area contributed by atoms with Gasteiger partial charge in [0, 0.05) is 104 Å². The van der Waals surface area contributed by atoms with Crippen molar-refractivity contribution in [3.8, 4) is 0 Å². The third-order valence-corrected chi connectivity index (χ3v) is 26.3. The van der Waals surface area contributed by atoms with E-state index in [1.54, 1.807) is 30.3 Å². The lowest BCUT2D eigenvalue weighted by Gasteiger charge is -2.35. The van der Waals surface area contributed by atoms with Crippen LogP contribution in [0.2, 0.25) is 0 Å². The van der Waals surface area contributed by atoms with Crippen LogP contribution in [-0.4, -0.2) is 293 Å². The summed E-state index contributed by atoms with van der Waals surface area (Å²) in [6, 6.07) is 15.8. The standard InChI is InChI=1S/C79H112N16O12S3.C13H26N2O6/c1-9-95(10-2,11-3)44-28-43-94-63-36-23-21-32-54(63)79(6,7)65(94)38-18-13-17-37-64-78(4,5)53-31-20-22-35-62(53)93(64)42-26-14-19-39-66(96)83-40-25-24-33-56-72(103)91-60-49-109-110-50-61(76(107)89-57(45-52-29-15-12-16-30-52)73(104)90-59(70(101)82-8)48-108-51-68(98)86-56)92-74(105)58(46-69(99)100)87-67(97)47-85-71(102)55(88-75(60)106)34-27-41-84-77(80)81;1-2-4-18-6-8-20-9-7-19-5-3-15-13(17)11-21-10-12(14)16/h12-13,15-18,20-23,29-32,35-38,55-61H,9-11,14,19,24-28,33-34,39-51H2,1-8H3,(H13-2,80,81,82,83,84,85,86,87,88,89,90,91,92,96,97,98,99,100,101,102,103,104,105,106,107);2-11H2,1H3,(H2,14,16)(H,15,17)/p+2/t55-,56-,57-,58-,59-,60-,61-;/m0./s1. The number of carboxylic acid groups (broad SMARTS) is 1. The summed E-state index contributed by atoms with van der Waals surface area (Å²) >= 11 is 0.964. The molecule has 0 aliphatic carbocycles. The Labute approximate surface area is 781 Å². The zero-order chi connectivity index (χ0) is 95.7. The molecule has 18 N–H and O–H groups in total. The Hall–Kier alpha value is -10.4. The molecule has 2 fully saturated rings. The number of carbonyl (C=O) groups is 13. The lowest BCUT2D eigenvalue weighted by atomic mass is 9.81. The highest BCUT2D eigenvalue weighted by molar-refractivity contribution is 8.76. The van der Waals surface area contributed by atoms with Crippen LogP contribution in [0.4, 0.5) is 11.4 Å². The summed E-state index contributed by atoms with van der Waals surface area (Å²) in [5.41, 5.74) is 23.7. The summed E-state index contributed by atoms with van der Waals surface area (Å²) in [6.45, 7) is 27.0. The monoisotopic (exact) mass is 1880 g/mol. The van der Waals surface area contributed by atoms with Crippen molar-refractivity contribution in [2.45, 2.75) is 192 Å². The van der Waals surface area contributed by atoms with Crippen LogP contribution >= 0.6 is 33.3 Å². The van der Waals surface area contributed by atoms with E-state index in [1.807, 2.05) is 0 Å². The maximum Gasteiger partial charge on any atom is 0.305 e. The second-order valence-corrected chi connectivity index (χ2v) is 36.7. The van der Waals surface area contributed by atoms with Gasteiger partial charge in [-0.2, -0.15) is 4.58 Å². The quantitative estimate of drug-likeness (QED) is 0.00734. The molecule has 0 aromatic heterocycles. The van der Waals surface area contributed by atoms with Crippen LogP contribution in [0, 0.1) is 0 Å². The number of thioether (sulfide) groups is 1. The zero-order valence-electron chi connectivity index (χ0n) is 77.3. The summed E-state index contributed by atoms with van der Waals surface area (Å²) in [5, 5.41) is 38.7. The molecule has 0 spiro atoms. The van der Waals surface area contributed by atoms with Gasteiger partial charge in [0.15, 0.2) is 18.2 Å². The number of quaternary nitrogens is 1. The number of ether oxygens (including phenoxy) is 4. The summed E-state index contributed by atoms with van der Waals surface area (Å²) < 4.78 is 24.2. The highest BCUT2D eigenvalue weighted by atomic mass is 33.1. The summed E-state index contributed by atoms with van der Waals surface area (Å²) in [5.74, 6) is -11.5. The molecule has 7 rings (SSSR count). The number of hydrogen-bond donors (Lipinski definition) is 15. The van der Waals surface area contributed by atoms with Crippen molar-refractivity contribution in [2.75, 3.05) is 153 Å². The number of nitrogens with two attached hydrogens (primary N) is 3. The lowest BCUT2D eigenvalue weighted by molar-refractivity contribution is -0.924. The molecule has 36 nitrogen and oxygen atoms in total. The van der Waals surface area contributed by atoms with Crippen molar-refractivity contribution in [1.29, 1.82) is 0 Å². The molecule has 39 heteroatoms. The van der Waals surface area contributed by atoms with Gasteiger partial charge >= 0.3 is 5.97 Å². The van der Waals surface area contributed by atoms with Crippen LogP contribution in [0.15, 0.2) is 120 Å². The van der Waals surface area contributed by atoms with Crippen molar-refractivity contribution in [3.05, 3.63) is 132 Å². The number of hydrogen-bond acceptors (Lipinski definition) is 22. The Kier molecular flexibility index (Phi) is 48.8. The fourth-order valence-electron chi connectivity index (χ4n) is 15.4. The molecule has 4 aliphatic rings. The number of unbranched alkanes of at least 4 members (excludes halogenated alkanes) is 3. The highest BCUT2D eigenvalue weighted by Crippen LogP contribution is 2.48. The number of carboxylic acids is 1. The van der Waals surface area contributed by atoms with E-state index < -0.39 is 120 Å². The smallest absolute Gasteiger partial charge is 0.305 e. The number of primary amides is 1. The number of fused-ring (bicyclic) bond motifs is 7. The number of benzene rings is 3. The number of carbonyl (C=O) groups excluding carboxylic acids is 12. The molecule has 4 heterocycles. The van der Waals surface area contributed by atoms with Crippen molar-refractivity contribution in [1.82, 2.24) is 58.5 Å². The predicted molar refractivity (Wildman–Crippen MR) is 510 cm³/mol. The van der Waals surface area contributed by atoms with E-state index in [9.17, 15) is 67.4 Å². The molecule has 2 saturated heterocycles. The van der Waals surface area contributed by atoms with Gasteiger partial charge in [-0.3, -0.25) is 67.3 Å². The Morgan fingerprint density at radius 3 is 1.85 bits per heavy atom. The first-order chi connectivity index (χ1) is 62.8. The predicted octanol–water partition coefficient (Wildman–Crippen LogP) is 3.20. The molecular formula is C92H140N18O18S3+2. The van der Waals surface area contributed by atoms with Crippen molar-refractivity contribution < 1.29 is 95.4 Å². The van der Waals surface area contributed by atoms with E-state index >= 15 is 0 Å². The van der Waals surface area contributed by atoms with Crippen molar-refractivity contribution in [3.63, 3.8) is 0 Å². The number of anilines is 1. The molecule has 0 saturated carbocycles. The maximum atomic E-state index is 14.7. The van der Waals surface area contributed by atoms with Crippen LogP contribution in [-0.2, 0) is 98.5 Å². The number of nitrogens with one attached hydrogen (secondary N) is 11. The van der Waals surface area contributed by atoms with Crippen LogP contribution in [0.25, 0.3) is 0 Å². The molecule has 0 unspecified atom stereocenters. The number of likely N-dealkylation sites (N-methyl/N-ethyl adjacent to an activating group) is 1. The summed E-state index contributed by atoms with van der Waals surface area (Å²) in [7, 11) is 3.27. The number of rotatable bonds is 45. The normalized spacial score (nSPS) is 20.4. The number of aliphatic carboxylic acids is 1. The van der Waals surface area contributed by atoms with E-state index in [0.29, 0.717) is 64.4 Å². The Bertz CT molecular complexity index is 4400.